The number of nitrogens with zero attached hydrogens (tertiary/aromatic N) is 3. The first-order chi connectivity index (χ1) is 61.0. The van der Waals surface area contributed by atoms with Crippen LogP contribution in [-0.4, -0.2) is 238 Å². The predicted molar refractivity (Wildman–Crippen MR) is 487 cm³/mol. The van der Waals surface area contributed by atoms with Gasteiger partial charge in [0.05, 0.1) is 77.0 Å². The molecule has 1 aliphatic carbocycles. The Hall–Kier alpha value is -9.92. The lowest BCUT2D eigenvalue weighted by Crippen LogP contribution is -2.48. The Morgan fingerprint density at radius 3 is 1.24 bits per heavy atom. The van der Waals surface area contributed by atoms with Gasteiger partial charge in [-0.1, -0.05) is 154 Å². The van der Waals surface area contributed by atoms with E-state index in [0.29, 0.717) is 175 Å². The molecule has 0 aromatic heterocycles. The van der Waals surface area contributed by atoms with E-state index >= 15 is 0 Å². The third kappa shape index (κ3) is 47.9. The predicted octanol–water partition coefficient (Wildman–Crippen LogP) is 11.7. The molecule has 128 heavy (non-hydrogen) atoms. The summed E-state index contributed by atoms with van der Waals surface area (Å²) in [5.41, 5.74) is 14.1. The van der Waals surface area contributed by atoms with Gasteiger partial charge in [0.1, 0.15) is 35.8 Å². The summed E-state index contributed by atoms with van der Waals surface area (Å²) in [4.78, 5) is 155. The van der Waals surface area contributed by atoms with Crippen LogP contribution in [0.4, 0.5) is 14.4 Å². The lowest BCUT2D eigenvalue weighted by Gasteiger charge is -2.31. The molecule has 4 fully saturated rings. The topological polar surface area (TPSA) is 421 Å². The molecule has 712 valence electrons. The molecule has 0 bridgehead atoms. The molecule has 3 heterocycles. The summed E-state index contributed by atoms with van der Waals surface area (Å²) >= 11 is 0. The van der Waals surface area contributed by atoms with Crippen molar-refractivity contribution in [3.63, 3.8) is 0 Å². The second-order valence-electron chi connectivity index (χ2n) is 36.3. The van der Waals surface area contributed by atoms with Crippen LogP contribution in [0, 0.1) is 29.6 Å². The first-order valence-corrected chi connectivity index (χ1v) is 45.7. The molecule has 3 aliphatic heterocycles. The molecule has 8 rings (SSSR count). The number of carbonyl (C=O) groups is 12. The van der Waals surface area contributed by atoms with Gasteiger partial charge in [-0.05, 0) is 174 Å². The lowest BCUT2D eigenvalue weighted by molar-refractivity contribution is -0.152. The van der Waals surface area contributed by atoms with E-state index < -0.39 is 82.8 Å². The Kier molecular flexibility index (Phi) is 50.3. The number of ether oxygens (including phenoxy) is 8. The molecular formula is C97H148N10O21. The molecule has 1 saturated carbocycles. The van der Waals surface area contributed by atoms with Gasteiger partial charge in [-0.15, -0.1) is 0 Å². The van der Waals surface area contributed by atoms with Gasteiger partial charge < -0.3 is 95.8 Å². The Morgan fingerprint density at radius 2 is 0.836 bits per heavy atom. The number of hydrogen-bond donors (Lipinski definition) is 8. The number of alkyl carbamates (subject to hydrolysis) is 3. The number of ketones is 2. The number of Topliss-reactive ketones (excluding diaryl/α,β-unsaturated/α-hetero) is 2. The first-order valence-electron chi connectivity index (χ1n) is 45.7. The fourth-order valence-corrected chi connectivity index (χ4v) is 14.4. The molecule has 4 aromatic carbocycles. The van der Waals surface area contributed by atoms with Crippen LogP contribution in [0.5, 0.6) is 0 Å². The van der Waals surface area contributed by atoms with E-state index in [9.17, 15) is 62.6 Å². The molecule has 4 aliphatic rings. The van der Waals surface area contributed by atoms with Crippen LogP contribution in [0.2, 0.25) is 0 Å². The minimum atomic E-state index is -1.02. The minimum absolute atomic E-state index is 0.0107. The molecule has 1 unspecified atom stereocenters. The summed E-state index contributed by atoms with van der Waals surface area (Å²) in [5, 5.41) is 23.8. The highest BCUT2D eigenvalue weighted by molar-refractivity contribution is 5.94. The zero-order chi connectivity index (χ0) is 93.9. The normalized spacial score (nSPS) is 16.4. The van der Waals surface area contributed by atoms with Crippen molar-refractivity contribution in [2.45, 2.75) is 252 Å². The molecule has 31 nitrogen and oxygen atoms in total. The zero-order valence-corrected chi connectivity index (χ0v) is 77.7. The highest BCUT2D eigenvalue weighted by Crippen LogP contribution is 2.40. The molecule has 3 saturated heterocycles. The van der Waals surface area contributed by atoms with Crippen LogP contribution in [0.25, 0.3) is 0 Å². The van der Waals surface area contributed by atoms with Crippen molar-refractivity contribution in [1.29, 1.82) is 0 Å². The Morgan fingerprint density at radius 1 is 0.461 bits per heavy atom. The fourth-order valence-electron chi connectivity index (χ4n) is 14.4. The first kappa shape index (κ1) is 109. The van der Waals surface area contributed by atoms with Crippen LogP contribution >= 0.6 is 0 Å². The van der Waals surface area contributed by atoms with Crippen molar-refractivity contribution >= 4 is 71.4 Å². The number of hydrogen-bond acceptors (Lipinski definition) is 23. The number of nitrogens with one attached hydrogen (secondary N) is 5. The molecule has 7 amide bonds. The van der Waals surface area contributed by atoms with Gasteiger partial charge >= 0.3 is 36.2 Å². The fraction of sp³-hybridized carbons (Fsp3) is 0.629. The van der Waals surface area contributed by atoms with Gasteiger partial charge in [-0.25, -0.2) is 14.4 Å². The summed E-state index contributed by atoms with van der Waals surface area (Å²) < 4.78 is 42.0. The zero-order valence-electron chi connectivity index (χ0n) is 77.7. The van der Waals surface area contributed by atoms with E-state index in [1.807, 2.05) is 165 Å². The van der Waals surface area contributed by atoms with Crippen molar-refractivity contribution in [3.05, 3.63) is 144 Å². The standard InChI is InChI=1S/C38H54N4O5.C24H36N2O6.C20H29NO6.C15H29N3O4/c1-27(2)21-35(36(44)24-30(15-9-10-16-39)38(46)42-17-19-47-20-18-42)41-37(45)31(22-28-11-5-3-6-12-28)23-32(43)26-40-34-25-33(34)29-13-7-4-8-14-29;1-24(2,3)32-23(29)25-12-8-7-11-20(22(28)26-13-15-30-16-14-26)17-21(27)31-18-19-9-5-4-6-10-19;1-20(2,3)27-19(25)21-12-8-7-11-16(18(23)24)13-17(22)26-14-15-9-5-4-6-10-15;1-15(2,3)22-14(20)17-7-5-4-6-12(16)13(19)18-8-10-21-11-9-18/h3-8,11-14,27,30-31,33-35,40H,9-10,15-26,39H2,1-2H3,(H,41,45);4-6,9-10,20H,7-8,11-18H2,1-3H3,(H,25,29);4-6,9-10,16H,7-8,11-14H2,1-3H3,(H,21,25)(H,23,24);12H,4-11,16H2,1-3H3,(H,17,20)/t30-,31-,33+,34?,35+;20-;16-;12-/m0001/s1. The quantitative estimate of drug-likeness (QED) is 0.0116. The number of rotatable bonds is 46. The van der Waals surface area contributed by atoms with Crippen molar-refractivity contribution in [2.24, 2.45) is 41.1 Å². The number of aliphatic carboxylic acids is 1. The summed E-state index contributed by atoms with van der Waals surface area (Å²) in [7, 11) is 0. The Bertz CT molecular complexity index is 3940. The van der Waals surface area contributed by atoms with Crippen LogP contribution in [0.3, 0.4) is 0 Å². The summed E-state index contributed by atoms with van der Waals surface area (Å²) in [5.74, 6) is -4.25. The number of carboxylic acids is 1. The second-order valence-corrected chi connectivity index (χ2v) is 36.3. The third-order valence-electron chi connectivity index (χ3n) is 21.2. The van der Waals surface area contributed by atoms with E-state index in [4.69, 9.17) is 49.4 Å². The molecule has 10 N–H and O–H groups in total. The summed E-state index contributed by atoms with van der Waals surface area (Å²) in [6, 6.07) is 37.7. The highest BCUT2D eigenvalue weighted by atomic mass is 16.6. The van der Waals surface area contributed by atoms with Crippen LogP contribution < -0.4 is 38.1 Å². The largest absolute Gasteiger partial charge is 0.481 e. The SMILES string of the molecule is CC(C)(C)OC(=O)NCCCC[C@@H](CC(=O)OCc1ccccc1)C(=O)N1CCOCC1.CC(C)(C)OC(=O)NCCCC[C@@H](CC(=O)OCc1ccccc1)C(=O)O.CC(C)(C)OC(=O)NCCCC[C@@H](N)C(=O)N1CCOCC1.CC(C)C[C@@H](NC(=O)[C@H](CC(=O)CNC1C[C@@H]1c1ccccc1)Cc1ccccc1)C(=O)C[C@H](CCCCN)C(=O)N1CCOCC1. The number of carboxylic acid groups (broad SMARTS) is 1. The molecule has 31 heteroatoms. The van der Waals surface area contributed by atoms with E-state index in [1.165, 1.54) is 5.56 Å². The van der Waals surface area contributed by atoms with Gasteiger partial charge in [0, 0.05) is 101 Å². The maximum atomic E-state index is 13.9. The van der Waals surface area contributed by atoms with E-state index in [-0.39, 0.29) is 98.6 Å². The van der Waals surface area contributed by atoms with Crippen molar-refractivity contribution < 1.29 is 101 Å². The molecule has 8 atom stereocenters. The Balaban J connectivity index is 0.000000316. The lowest BCUT2D eigenvalue weighted by atomic mass is 9.88. The van der Waals surface area contributed by atoms with Crippen molar-refractivity contribution in [2.75, 3.05) is 112 Å². The van der Waals surface area contributed by atoms with E-state index in [0.717, 1.165) is 48.8 Å². The smallest absolute Gasteiger partial charge is 0.407 e. The van der Waals surface area contributed by atoms with Crippen molar-refractivity contribution in [1.82, 2.24) is 41.3 Å². The number of benzene rings is 4. The van der Waals surface area contributed by atoms with E-state index in [1.54, 1.807) is 35.5 Å². The molecular weight excluding hydrogens is 1640 g/mol. The average Bonchev–Trinajstić information content (AvgIpc) is 1.68. The van der Waals surface area contributed by atoms with Gasteiger partial charge in [-0.2, -0.15) is 0 Å². The Labute approximate surface area is 758 Å². The summed E-state index contributed by atoms with van der Waals surface area (Å²) in [6.07, 6.45) is 8.22. The number of nitrogens with two attached hydrogens (primary N) is 2. The second kappa shape index (κ2) is 59.3. The maximum absolute atomic E-state index is 13.9. The maximum Gasteiger partial charge on any atom is 0.407 e. The van der Waals surface area contributed by atoms with Crippen LogP contribution in [0.15, 0.2) is 121 Å². The highest BCUT2D eigenvalue weighted by Gasteiger charge is 2.39. The van der Waals surface area contributed by atoms with Gasteiger partial charge in [-0.3, -0.25) is 43.2 Å². The number of carbonyl (C=O) groups excluding carboxylic acids is 11. The number of unbranched alkanes of at least 4 members (excludes halogenated alkanes) is 4. The van der Waals surface area contributed by atoms with Crippen molar-refractivity contribution in [3.8, 4) is 0 Å². The molecule has 0 spiro atoms. The number of morpholine rings is 3. The molecule has 4 aromatic rings. The number of esters is 2. The van der Waals surface area contributed by atoms with Gasteiger partial charge in [0.2, 0.25) is 23.6 Å². The van der Waals surface area contributed by atoms with Gasteiger partial charge in [0.25, 0.3) is 0 Å². The average molecular weight is 1790 g/mol. The summed E-state index contributed by atoms with van der Waals surface area (Å²) in [6.45, 7) is 29.2. The number of amides is 7. The molecule has 0 radical (unpaired) electrons. The van der Waals surface area contributed by atoms with E-state index in [2.05, 4.69) is 38.7 Å². The monoisotopic (exact) mass is 1790 g/mol. The minimum Gasteiger partial charge on any atom is -0.481 e. The van der Waals surface area contributed by atoms with Gasteiger partial charge in [0.15, 0.2) is 5.78 Å². The van der Waals surface area contributed by atoms with Crippen LogP contribution in [-0.2, 0) is 101 Å². The third-order valence-corrected chi connectivity index (χ3v) is 21.2. The van der Waals surface area contributed by atoms with Crippen LogP contribution in [0.1, 0.15) is 220 Å².